The Hall–Kier alpha value is -2.85. The first-order valence-electron chi connectivity index (χ1n) is 8.55. The number of nitrogens with zero attached hydrogens (tertiary/aromatic N) is 1. The predicted molar refractivity (Wildman–Crippen MR) is 101 cm³/mol. The number of carbonyl (C=O) groups is 1. The van der Waals surface area contributed by atoms with Gasteiger partial charge in [-0.3, -0.25) is 9.80 Å². The molecule has 3 aromatic carbocycles. The number of anilines is 1. The minimum absolute atomic E-state index is 0.0408. The zero-order chi connectivity index (χ0) is 17.4. The predicted octanol–water partition coefficient (Wildman–Crippen LogP) is 3.32. The van der Waals surface area contributed by atoms with Crippen LogP contribution in [-0.4, -0.2) is 11.9 Å². The fraction of sp³-hybridized carbons (Fsp3) is 0.190. The molecule has 0 fully saturated rings. The van der Waals surface area contributed by atoms with E-state index < -0.39 is 0 Å². The Morgan fingerprint density at radius 2 is 1.80 bits per heavy atom. The first kappa shape index (κ1) is 15.7. The van der Waals surface area contributed by atoms with Crippen molar-refractivity contribution in [3.8, 4) is 0 Å². The number of hydrogen-bond acceptors (Lipinski definition) is 3. The van der Waals surface area contributed by atoms with E-state index in [-0.39, 0.29) is 18.0 Å². The van der Waals surface area contributed by atoms with E-state index in [1.165, 1.54) is 16.3 Å². The van der Waals surface area contributed by atoms with Crippen molar-refractivity contribution in [1.29, 1.82) is 0 Å². The number of primary amides is 1. The molecule has 3 aromatic rings. The molecular weight excluding hydrogens is 310 g/mol. The van der Waals surface area contributed by atoms with Gasteiger partial charge in [0.15, 0.2) is 0 Å². The molecule has 4 heteroatoms. The topological polar surface area (TPSA) is 58.4 Å². The number of amides is 1. The minimum atomic E-state index is -0.366. The van der Waals surface area contributed by atoms with E-state index in [4.69, 9.17) is 5.73 Å². The molecule has 3 N–H and O–H groups in total. The summed E-state index contributed by atoms with van der Waals surface area (Å²) in [5, 5.41) is 4.36. The van der Waals surface area contributed by atoms with Crippen molar-refractivity contribution in [1.82, 2.24) is 5.43 Å². The van der Waals surface area contributed by atoms with Gasteiger partial charge in [-0.05, 0) is 34.9 Å². The third kappa shape index (κ3) is 2.75. The number of nitrogens with two attached hydrogens (primary N) is 1. The lowest BCUT2D eigenvalue weighted by atomic mass is 10.00. The van der Waals surface area contributed by atoms with Gasteiger partial charge in [-0.25, -0.2) is 5.43 Å². The summed E-state index contributed by atoms with van der Waals surface area (Å²) in [7, 11) is 0. The van der Waals surface area contributed by atoms with Crippen molar-refractivity contribution in [2.75, 3.05) is 5.01 Å². The Morgan fingerprint density at radius 3 is 2.64 bits per heavy atom. The molecule has 4 rings (SSSR count). The first-order valence-corrected chi connectivity index (χ1v) is 8.55. The Balaban J connectivity index is 1.69. The molecule has 2 unspecified atom stereocenters. The molecule has 1 aliphatic rings. The van der Waals surface area contributed by atoms with E-state index in [1.807, 2.05) is 29.3 Å². The van der Waals surface area contributed by atoms with E-state index in [1.54, 1.807) is 0 Å². The van der Waals surface area contributed by atoms with Crippen molar-refractivity contribution >= 4 is 22.4 Å². The maximum atomic E-state index is 12.0. The van der Waals surface area contributed by atoms with Gasteiger partial charge < -0.3 is 5.73 Å². The summed E-state index contributed by atoms with van der Waals surface area (Å²) < 4.78 is 0. The van der Waals surface area contributed by atoms with Gasteiger partial charge in [0.05, 0.1) is 5.69 Å². The number of fused-ring (bicyclic) bond motifs is 2. The van der Waals surface area contributed by atoms with Gasteiger partial charge in [0.1, 0.15) is 6.04 Å². The zero-order valence-electron chi connectivity index (χ0n) is 14.1. The Labute approximate surface area is 147 Å². The van der Waals surface area contributed by atoms with Crippen molar-refractivity contribution in [2.45, 2.75) is 25.4 Å². The Kier molecular flexibility index (Phi) is 3.90. The molecule has 1 heterocycles. The number of rotatable bonds is 4. The SMILES string of the molecule is CC(NN1c2ccccc2CC1C(N)=O)c1cccc2ccccc12. The molecule has 0 radical (unpaired) electrons. The second-order valence-corrected chi connectivity index (χ2v) is 6.54. The van der Waals surface area contributed by atoms with Gasteiger partial charge in [-0.15, -0.1) is 0 Å². The fourth-order valence-electron chi connectivity index (χ4n) is 3.68. The van der Waals surface area contributed by atoms with Crippen LogP contribution in [0.15, 0.2) is 66.7 Å². The molecule has 0 spiro atoms. The van der Waals surface area contributed by atoms with E-state index >= 15 is 0 Å². The summed E-state index contributed by atoms with van der Waals surface area (Å²) in [6.07, 6.45) is 0.640. The van der Waals surface area contributed by atoms with Crippen LogP contribution in [0.5, 0.6) is 0 Å². The van der Waals surface area contributed by atoms with Gasteiger partial charge in [-0.2, -0.15) is 0 Å². The number of nitrogens with one attached hydrogen (secondary N) is 1. The Bertz CT molecular complexity index is 932. The number of carbonyl (C=O) groups excluding carboxylic acids is 1. The fourth-order valence-corrected chi connectivity index (χ4v) is 3.68. The van der Waals surface area contributed by atoms with Crippen molar-refractivity contribution < 1.29 is 4.79 Å². The van der Waals surface area contributed by atoms with Crippen LogP contribution in [0.25, 0.3) is 10.8 Å². The molecule has 4 nitrogen and oxygen atoms in total. The summed E-state index contributed by atoms with van der Waals surface area (Å²) in [5.41, 5.74) is 12.5. The monoisotopic (exact) mass is 331 g/mol. The average molecular weight is 331 g/mol. The number of benzene rings is 3. The van der Waals surface area contributed by atoms with Crippen LogP contribution < -0.4 is 16.2 Å². The van der Waals surface area contributed by atoms with Gasteiger partial charge >= 0.3 is 0 Å². The van der Waals surface area contributed by atoms with E-state index in [0.29, 0.717) is 6.42 Å². The van der Waals surface area contributed by atoms with Crippen LogP contribution in [0.1, 0.15) is 24.1 Å². The molecule has 25 heavy (non-hydrogen) atoms. The summed E-state index contributed by atoms with van der Waals surface area (Å²) in [6.45, 7) is 2.11. The molecule has 126 valence electrons. The third-order valence-electron chi connectivity index (χ3n) is 4.93. The summed E-state index contributed by atoms with van der Waals surface area (Å²) >= 11 is 0. The van der Waals surface area contributed by atoms with Gasteiger partial charge in [0.2, 0.25) is 5.91 Å². The summed E-state index contributed by atoms with van der Waals surface area (Å²) in [4.78, 5) is 12.0. The first-order chi connectivity index (χ1) is 12.1. The van der Waals surface area contributed by atoms with Crippen LogP contribution in [-0.2, 0) is 11.2 Å². The number of hydrazine groups is 1. The van der Waals surface area contributed by atoms with Gasteiger partial charge in [0.25, 0.3) is 0 Å². The van der Waals surface area contributed by atoms with Crippen LogP contribution in [0, 0.1) is 0 Å². The van der Waals surface area contributed by atoms with Crippen LogP contribution in [0.2, 0.25) is 0 Å². The Morgan fingerprint density at radius 1 is 1.08 bits per heavy atom. The van der Waals surface area contributed by atoms with Crippen molar-refractivity contribution in [3.05, 3.63) is 77.9 Å². The van der Waals surface area contributed by atoms with Gasteiger partial charge in [-0.1, -0.05) is 60.7 Å². The zero-order valence-corrected chi connectivity index (χ0v) is 14.1. The summed E-state index contributed by atoms with van der Waals surface area (Å²) in [6, 6.07) is 22.4. The van der Waals surface area contributed by atoms with E-state index in [0.717, 1.165) is 11.3 Å². The maximum Gasteiger partial charge on any atom is 0.242 e. The molecule has 0 aliphatic carbocycles. The van der Waals surface area contributed by atoms with Gasteiger partial charge in [0, 0.05) is 12.5 Å². The highest BCUT2D eigenvalue weighted by atomic mass is 16.1. The normalized spacial score (nSPS) is 17.5. The quantitative estimate of drug-likeness (QED) is 0.771. The maximum absolute atomic E-state index is 12.0. The molecule has 0 aromatic heterocycles. The molecule has 0 saturated heterocycles. The molecule has 2 atom stereocenters. The molecule has 1 amide bonds. The highest BCUT2D eigenvalue weighted by Gasteiger charge is 2.34. The largest absolute Gasteiger partial charge is 0.368 e. The summed E-state index contributed by atoms with van der Waals surface area (Å²) in [5.74, 6) is -0.311. The standard InChI is InChI=1S/C21H21N3O/c1-14(17-11-6-9-15-7-2-4-10-18(15)17)23-24-19-12-5-3-8-16(19)13-20(24)21(22)25/h2-12,14,20,23H,13H2,1H3,(H2,22,25). The smallest absolute Gasteiger partial charge is 0.242 e. The highest BCUT2D eigenvalue weighted by molar-refractivity contribution is 5.87. The third-order valence-corrected chi connectivity index (χ3v) is 4.93. The minimum Gasteiger partial charge on any atom is -0.368 e. The number of para-hydroxylation sites is 1. The second kappa shape index (κ2) is 6.22. The lowest BCUT2D eigenvalue weighted by Gasteiger charge is -2.30. The van der Waals surface area contributed by atoms with E-state index in [9.17, 15) is 4.79 Å². The van der Waals surface area contributed by atoms with Crippen LogP contribution >= 0.6 is 0 Å². The lowest BCUT2D eigenvalue weighted by molar-refractivity contribution is -0.119. The van der Waals surface area contributed by atoms with Crippen LogP contribution in [0.3, 0.4) is 0 Å². The average Bonchev–Trinajstić information content (AvgIpc) is 3.00. The van der Waals surface area contributed by atoms with Crippen LogP contribution in [0.4, 0.5) is 5.69 Å². The molecule has 0 bridgehead atoms. The lowest BCUT2D eigenvalue weighted by Crippen LogP contribution is -2.50. The molecular formula is C21H21N3O. The second-order valence-electron chi connectivity index (χ2n) is 6.54. The molecule has 0 saturated carbocycles. The highest BCUT2D eigenvalue weighted by Crippen LogP contribution is 2.32. The molecule has 1 aliphatic heterocycles. The van der Waals surface area contributed by atoms with Crippen molar-refractivity contribution in [2.24, 2.45) is 5.73 Å². The number of hydrogen-bond donors (Lipinski definition) is 2. The van der Waals surface area contributed by atoms with E-state index in [2.05, 4.69) is 54.8 Å². The van der Waals surface area contributed by atoms with Crippen molar-refractivity contribution in [3.63, 3.8) is 0 Å².